The molecule has 0 saturated heterocycles. The summed E-state index contributed by atoms with van der Waals surface area (Å²) in [5.41, 5.74) is 2.05. The molecule has 0 bridgehead atoms. The summed E-state index contributed by atoms with van der Waals surface area (Å²) in [4.78, 5) is 22.0. The third-order valence-electron chi connectivity index (χ3n) is 2.89. The van der Waals surface area contributed by atoms with Gasteiger partial charge in [0.2, 0.25) is 5.91 Å². The lowest BCUT2D eigenvalue weighted by atomic mass is 10.3. The normalized spacial score (nSPS) is 12.2. The average Bonchev–Trinajstić information content (AvgIpc) is 2.73. The first-order chi connectivity index (χ1) is 9.90. The summed E-state index contributed by atoms with van der Waals surface area (Å²) in [7, 11) is 0. The van der Waals surface area contributed by atoms with Gasteiger partial charge in [0.1, 0.15) is 6.04 Å². The van der Waals surface area contributed by atoms with E-state index in [1.807, 2.05) is 18.5 Å². The lowest BCUT2D eigenvalue weighted by Gasteiger charge is -2.13. The van der Waals surface area contributed by atoms with Crippen molar-refractivity contribution in [3.8, 4) is 0 Å². The molecule has 0 saturated carbocycles. The van der Waals surface area contributed by atoms with Gasteiger partial charge in [-0.15, -0.1) is 0 Å². The molecule has 21 heavy (non-hydrogen) atoms. The molecule has 118 valence electrons. The fourth-order valence-corrected chi connectivity index (χ4v) is 3.80. The van der Waals surface area contributed by atoms with E-state index >= 15 is 0 Å². The van der Waals surface area contributed by atoms with Crippen LogP contribution in [0.1, 0.15) is 32.2 Å². The lowest BCUT2D eigenvalue weighted by Crippen LogP contribution is -2.41. The van der Waals surface area contributed by atoms with Gasteiger partial charge in [0, 0.05) is 25.0 Å². The van der Waals surface area contributed by atoms with Crippen LogP contribution in [0.2, 0.25) is 0 Å². The molecule has 0 aliphatic heterocycles. The Morgan fingerprint density at radius 3 is 2.62 bits per heavy atom. The van der Waals surface area contributed by atoms with Gasteiger partial charge >= 0.3 is 5.97 Å². The number of carboxylic acid groups (broad SMARTS) is 1. The minimum atomic E-state index is -1.02. The Balaban J connectivity index is 2.68. The predicted octanol–water partition coefficient (Wildman–Crippen LogP) is 2.05. The molecular formula is C13H20BrN3O3S. The first-order valence-electron chi connectivity index (χ1n) is 6.72. The number of aromatic nitrogens is 2. The number of nitrogens with zero attached hydrogens (tertiary/aromatic N) is 2. The van der Waals surface area contributed by atoms with Crippen molar-refractivity contribution in [1.82, 2.24) is 15.1 Å². The second-order valence-corrected chi connectivity index (χ2v) is 6.31. The van der Waals surface area contributed by atoms with Gasteiger partial charge in [-0.2, -0.15) is 16.9 Å². The number of carbonyl (C=O) groups is 2. The number of amides is 1. The van der Waals surface area contributed by atoms with Crippen LogP contribution in [0, 0.1) is 0 Å². The highest BCUT2D eigenvalue weighted by Crippen LogP contribution is 2.26. The Bertz CT molecular complexity index is 519. The molecule has 1 aromatic rings. The molecule has 1 aromatic heterocycles. The number of halogens is 1. The van der Waals surface area contributed by atoms with Gasteiger partial charge in [0.15, 0.2) is 0 Å². The van der Waals surface area contributed by atoms with E-state index in [-0.39, 0.29) is 5.91 Å². The third kappa shape index (κ3) is 5.03. The number of hydrogen-bond donors (Lipinski definition) is 2. The molecule has 0 spiro atoms. The Kier molecular flexibility index (Phi) is 7.24. The molecule has 0 radical (unpaired) electrons. The lowest BCUT2D eigenvalue weighted by molar-refractivity contribution is -0.140. The maximum atomic E-state index is 11.1. The first-order valence-corrected chi connectivity index (χ1v) is 8.67. The molecule has 0 aliphatic rings. The third-order valence-corrected chi connectivity index (χ3v) is 4.86. The molecule has 1 unspecified atom stereocenters. The number of aryl methyl sites for hydroxylation is 2. The topological polar surface area (TPSA) is 84.2 Å². The van der Waals surface area contributed by atoms with Crippen molar-refractivity contribution in [3.05, 3.63) is 15.9 Å². The molecule has 1 heterocycles. The summed E-state index contributed by atoms with van der Waals surface area (Å²) in [6.07, 6.45) is 0.842. The van der Waals surface area contributed by atoms with Crippen LogP contribution < -0.4 is 5.32 Å². The Morgan fingerprint density at radius 2 is 2.14 bits per heavy atom. The number of rotatable bonds is 8. The molecule has 1 amide bonds. The van der Waals surface area contributed by atoms with Crippen LogP contribution in [0.15, 0.2) is 4.47 Å². The van der Waals surface area contributed by atoms with E-state index in [1.54, 1.807) is 0 Å². The van der Waals surface area contributed by atoms with E-state index in [1.165, 1.54) is 18.7 Å². The summed E-state index contributed by atoms with van der Waals surface area (Å²) in [6, 6.07) is -0.866. The summed E-state index contributed by atoms with van der Waals surface area (Å²) < 4.78 is 2.91. The number of aliphatic carboxylic acids is 1. The van der Waals surface area contributed by atoms with E-state index in [0.717, 1.165) is 28.8 Å². The van der Waals surface area contributed by atoms with Gasteiger partial charge in [0.25, 0.3) is 0 Å². The second-order valence-electron chi connectivity index (χ2n) is 4.48. The summed E-state index contributed by atoms with van der Waals surface area (Å²) in [5.74, 6) is -0.395. The predicted molar refractivity (Wildman–Crippen MR) is 86.4 cm³/mol. The zero-order valence-electron chi connectivity index (χ0n) is 12.4. The Hall–Kier alpha value is -1.02. The standard InChI is InChI=1S/C13H20BrN3O3S/c1-4-9-12(14)11(17(5-2)16-9)7-21-6-10(13(19)20)15-8(3)18/h10H,4-7H2,1-3H3,(H,15,18)(H,19,20). The van der Waals surface area contributed by atoms with Gasteiger partial charge in [-0.25, -0.2) is 4.79 Å². The zero-order chi connectivity index (χ0) is 16.0. The van der Waals surface area contributed by atoms with E-state index < -0.39 is 12.0 Å². The van der Waals surface area contributed by atoms with Crippen LogP contribution in [0.4, 0.5) is 0 Å². The SMILES string of the molecule is CCc1nn(CC)c(CSCC(NC(C)=O)C(=O)O)c1Br. The van der Waals surface area contributed by atoms with E-state index in [4.69, 9.17) is 5.11 Å². The van der Waals surface area contributed by atoms with Gasteiger partial charge in [-0.1, -0.05) is 6.92 Å². The first kappa shape index (κ1) is 18.0. The fourth-order valence-electron chi connectivity index (χ4n) is 1.85. The van der Waals surface area contributed by atoms with Gasteiger partial charge < -0.3 is 10.4 Å². The van der Waals surface area contributed by atoms with Crippen LogP contribution in [-0.2, 0) is 28.3 Å². The molecule has 0 aromatic carbocycles. The number of nitrogens with one attached hydrogen (secondary N) is 1. The smallest absolute Gasteiger partial charge is 0.327 e. The highest BCUT2D eigenvalue weighted by molar-refractivity contribution is 9.10. The molecular weight excluding hydrogens is 358 g/mol. The zero-order valence-corrected chi connectivity index (χ0v) is 14.8. The average molecular weight is 378 g/mol. The van der Waals surface area contributed by atoms with E-state index in [9.17, 15) is 9.59 Å². The van der Waals surface area contributed by atoms with Crippen LogP contribution in [0.3, 0.4) is 0 Å². The summed E-state index contributed by atoms with van der Waals surface area (Å²) in [5, 5.41) is 16.0. The molecule has 0 fully saturated rings. The largest absolute Gasteiger partial charge is 0.480 e. The molecule has 2 N–H and O–H groups in total. The molecule has 6 nitrogen and oxygen atoms in total. The number of carboxylic acids is 1. The van der Waals surface area contributed by atoms with E-state index in [2.05, 4.69) is 26.3 Å². The number of thioether (sulfide) groups is 1. The van der Waals surface area contributed by atoms with Crippen molar-refractivity contribution in [2.75, 3.05) is 5.75 Å². The maximum absolute atomic E-state index is 11.1. The van der Waals surface area contributed by atoms with Crippen LogP contribution in [0.5, 0.6) is 0 Å². The quantitative estimate of drug-likeness (QED) is 0.723. The number of carbonyl (C=O) groups excluding carboxylic acids is 1. The minimum absolute atomic E-state index is 0.317. The van der Waals surface area contributed by atoms with Crippen molar-refractivity contribution in [1.29, 1.82) is 0 Å². The second kappa shape index (κ2) is 8.43. The van der Waals surface area contributed by atoms with Crippen LogP contribution >= 0.6 is 27.7 Å². The highest BCUT2D eigenvalue weighted by Gasteiger charge is 2.19. The van der Waals surface area contributed by atoms with Crippen molar-refractivity contribution in [2.45, 2.75) is 45.5 Å². The van der Waals surface area contributed by atoms with Crippen LogP contribution in [-0.4, -0.2) is 38.6 Å². The summed E-state index contributed by atoms with van der Waals surface area (Å²) in [6.45, 7) is 6.14. The monoisotopic (exact) mass is 377 g/mol. The minimum Gasteiger partial charge on any atom is -0.480 e. The van der Waals surface area contributed by atoms with Crippen molar-refractivity contribution < 1.29 is 14.7 Å². The highest BCUT2D eigenvalue weighted by atomic mass is 79.9. The summed E-state index contributed by atoms with van der Waals surface area (Å²) >= 11 is 5.02. The fraction of sp³-hybridized carbons (Fsp3) is 0.615. The van der Waals surface area contributed by atoms with E-state index in [0.29, 0.717) is 11.5 Å². The Labute approximate surface area is 136 Å². The van der Waals surface area contributed by atoms with Crippen molar-refractivity contribution >= 4 is 39.6 Å². The van der Waals surface area contributed by atoms with Crippen molar-refractivity contribution in [3.63, 3.8) is 0 Å². The van der Waals surface area contributed by atoms with Crippen LogP contribution in [0.25, 0.3) is 0 Å². The maximum Gasteiger partial charge on any atom is 0.327 e. The van der Waals surface area contributed by atoms with Gasteiger partial charge in [-0.3, -0.25) is 9.48 Å². The van der Waals surface area contributed by atoms with Gasteiger partial charge in [-0.05, 0) is 29.3 Å². The molecule has 1 atom stereocenters. The Morgan fingerprint density at radius 1 is 1.48 bits per heavy atom. The molecule has 1 rings (SSSR count). The number of hydrogen-bond acceptors (Lipinski definition) is 4. The van der Waals surface area contributed by atoms with Gasteiger partial charge in [0.05, 0.1) is 15.9 Å². The molecule has 0 aliphatic carbocycles. The van der Waals surface area contributed by atoms with Crippen molar-refractivity contribution in [2.24, 2.45) is 0 Å². The molecule has 8 heteroatoms.